The molecule has 0 amide bonds. The molecule has 1 saturated heterocycles. The van der Waals surface area contributed by atoms with Crippen LogP contribution in [0.15, 0.2) is 30.3 Å². The van der Waals surface area contributed by atoms with Gasteiger partial charge in [-0.15, -0.1) is 0 Å². The van der Waals surface area contributed by atoms with Gasteiger partial charge in [0.1, 0.15) is 0 Å². The van der Waals surface area contributed by atoms with Gasteiger partial charge in [0.25, 0.3) is 0 Å². The Balaban J connectivity index is 1.88. The molecule has 0 spiro atoms. The Labute approximate surface area is 91.5 Å². The van der Waals surface area contributed by atoms with Gasteiger partial charge >= 0.3 is 0 Å². The Bertz CT molecular complexity index is 280. The number of hydrogen-bond donors (Lipinski definition) is 1. The van der Waals surface area contributed by atoms with Crippen molar-refractivity contribution in [1.82, 2.24) is 4.90 Å². The number of aliphatic hydroxyl groups is 1. The van der Waals surface area contributed by atoms with Crippen LogP contribution in [-0.4, -0.2) is 29.6 Å². The fourth-order valence-corrected chi connectivity index (χ4v) is 2.17. The number of aliphatic hydroxyl groups excluding tert-OH is 1. The zero-order valence-electron chi connectivity index (χ0n) is 9.10. The highest BCUT2D eigenvalue weighted by atomic mass is 16.3. The number of nitrogens with zero attached hydrogens (tertiary/aromatic N) is 1. The average Bonchev–Trinajstić information content (AvgIpc) is 2.31. The van der Waals surface area contributed by atoms with Gasteiger partial charge in [0.2, 0.25) is 0 Å². The van der Waals surface area contributed by atoms with Gasteiger partial charge in [-0.2, -0.15) is 0 Å². The van der Waals surface area contributed by atoms with E-state index in [4.69, 9.17) is 0 Å². The molecule has 0 bridgehead atoms. The number of rotatable bonds is 3. The first-order valence-corrected chi connectivity index (χ1v) is 5.81. The van der Waals surface area contributed by atoms with Gasteiger partial charge in [-0.25, -0.2) is 0 Å². The summed E-state index contributed by atoms with van der Waals surface area (Å²) in [4.78, 5) is 2.36. The quantitative estimate of drug-likeness (QED) is 0.817. The summed E-state index contributed by atoms with van der Waals surface area (Å²) in [5.41, 5.74) is 1.03. The van der Waals surface area contributed by atoms with Crippen molar-refractivity contribution in [2.75, 3.05) is 19.6 Å². The molecule has 2 nitrogen and oxygen atoms in total. The van der Waals surface area contributed by atoms with Crippen LogP contribution in [0.5, 0.6) is 0 Å². The summed E-state index contributed by atoms with van der Waals surface area (Å²) in [6.07, 6.45) is 3.57. The maximum atomic E-state index is 10.0. The standard InChI is InChI=1S/C13H19NO/c15-13(12-7-3-1-4-8-12)11-14-9-5-2-6-10-14/h1,3-4,7-8,13,15H,2,5-6,9-11H2/t13-/m1/s1. The lowest BCUT2D eigenvalue weighted by Crippen LogP contribution is -2.33. The zero-order valence-corrected chi connectivity index (χ0v) is 9.10. The summed E-state index contributed by atoms with van der Waals surface area (Å²) < 4.78 is 0. The van der Waals surface area contributed by atoms with Crippen molar-refractivity contribution in [3.63, 3.8) is 0 Å². The summed E-state index contributed by atoms with van der Waals surface area (Å²) in [5.74, 6) is 0. The Morgan fingerprint density at radius 3 is 2.40 bits per heavy atom. The predicted molar refractivity (Wildman–Crippen MR) is 61.7 cm³/mol. The first-order valence-electron chi connectivity index (χ1n) is 5.81. The highest BCUT2D eigenvalue weighted by Gasteiger charge is 2.15. The van der Waals surface area contributed by atoms with Crippen LogP contribution in [0, 0.1) is 0 Å². The second-order valence-corrected chi connectivity index (χ2v) is 4.29. The van der Waals surface area contributed by atoms with E-state index in [0.29, 0.717) is 0 Å². The third-order valence-electron chi connectivity index (χ3n) is 3.06. The third kappa shape index (κ3) is 3.05. The second kappa shape index (κ2) is 5.29. The lowest BCUT2D eigenvalue weighted by Gasteiger charge is -2.28. The normalized spacial score (nSPS) is 20.1. The maximum Gasteiger partial charge on any atom is 0.0916 e. The number of hydrogen-bond acceptors (Lipinski definition) is 2. The van der Waals surface area contributed by atoms with Crippen molar-refractivity contribution in [2.45, 2.75) is 25.4 Å². The molecule has 0 aromatic heterocycles. The number of likely N-dealkylation sites (tertiary alicyclic amines) is 1. The number of piperidine rings is 1. The minimum absolute atomic E-state index is 0.329. The van der Waals surface area contributed by atoms with E-state index in [0.717, 1.165) is 25.2 Å². The van der Waals surface area contributed by atoms with Crippen LogP contribution in [0.2, 0.25) is 0 Å². The van der Waals surface area contributed by atoms with E-state index in [1.54, 1.807) is 0 Å². The van der Waals surface area contributed by atoms with E-state index in [1.165, 1.54) is 19.3 Å². The molecule has 1 aromatic rings. The number of β-amino-alcohol motifs (C(OH)–C–C–N with tert-alkyl or cyclic N) is 1. The van der Waals surface area contributed by atoms with Gasteiger partial charge in [0.05, 0.1) is 6.10 Å². The minimum atomic E-state index is -0.329. The molecule has 1 N–H and O–H groups in total. The summed E-state index contributed by atoms with van der Waals surface area (Å²) >= 11 is 0. The maximum absolute atomic E-state index is 10.0. The van der Waals surface area contributed by atoms with E-state index in [1.807, 2.05) is 30.3 Å². The average molecular weight is 205 g/mol. The molecule has 1 fully saturated rings. The van der Waals surface area contributed by atoms with Crippen molar-refractivity contribution in [2.24, 2.45) is 0 Å². The molecule has 0 aliphatic carbocycles. The topological polar surface area (TPSA) is 23.5 Å². The van der Waals surface area contributed by atoms with Gasteiger partial charge in [0, 0.05) is 6.54 Å². The lowest BCUT2D eigenvalue weighted by atomic mass is 10.1. The van der Waals surface area contributed by atoms with Crippen LogP contribution < -0.4 is 0 Å². The van der Waals surface area contributed by atoms with Crippen LogP contribution >= 0.6 is 0 Å². The van der Waals surface area contributed by atoms with Crippen molar-refractivity contribution in [3.8, 4) is 0 Å². The van der Waals surface area contributed by atoms with Crippen molar-refractivity contribution >= 4 is 0 Å². The fraction of sp³-hybridized carbons (Fsp3) is 0.538. The van der Waals surface area contributed by atoms with Crippen LogP contribution in [0.1, 0.15) is 30.9 Å². The van der Waals surface area contributed by atoms with E-state index >= 15 is 0 Å². The molecule has 1 aliphatic heterocycles. The molecular weight excluding hydrogens is 186 g/mol. The monoisotopic (exact) mass is 205 g/mol. The highest BCUT2D eigenvalue weighted by molar-refractivity contribution is 5.17. The first kappa shape index (κ1) is 10.7. The molecular formula is C13H19NO. The third-order valence-corrected chi connectivity index (χ3v) is 3.06. The molecule has 1 atom stereocenters. The zero-order chi connectivity index (χ0) is 10.5. The predicted octanol–water partition coefficient (Wildman–Crippen LogP) is 2.21. The van der Waals surface area contributed by atoms with Crippen molar-refractivity contribution in [3.05, 3.63) is 35.9 Å². The van der Waals surface area contributed by atoms with E-state index in [2.05, 4.69) is 4.90 Å². The summed E-state index contributed by atoms with van der Waals surface area (Å²) in [6, 6.07) is 9.93. The molecule has 2 rings (SSSR count). The van der Waals surface area contributed by atoms with Crippen LogP contribution in [0.3, 0.4) is 0 Å². The number of benzene rings is 1. The van der Waals surface area contributed by atoms with Crippen LogP contribution in [0.4, 0.5) is 0 Å². The van der Waals surface area contributed by atoms with Gasteiger partial charge in [-0.3, -0.25) is 0 Å². The van der Waals surface area contributed by atoms with E-state index in [9.17, 15) is 5.11 Å². The van der Waals surface area contributed by atoms with Gasteiger partial charge in [-0.05, 0) is 31.5 Å². The minimum Gasteiger partial charge on any atom is -0.387 e. The molecule has 82 valence electrons. The fourth-order valence-electron chi connectivity index (χ4n) is 2.17. The van der Waals surface area contributed by atoms with Crippen LogP contribution in [-0.2, 0) is 0 Å². The molecule has 15 heavy (non-hydrogen) atoms. The van der Waals surface area contributed by atoms with Gasteiger partial charge in [-0.1, -0.05) is 36.8 Å². The highest BCUT2D eigenvalue weighted by Crippen LogP contribution is 2.16. The first-order chi connectivity index (χ1) is 7.36. The lowest BCUT2D eigenvalue weighted by molar-refractivity contribution is 0.101. The Kier molecular flexibility index (Phi) is 3.75. The summed E-state index contributed by atoms with van der Waals surface area (Å²) in [5, 5.41) is 10.0. The molecule has 0 radical (unpaired) electrons. The smallest absolute Gasteiger partial charge is 0.0916 e. The van der Waals surface area contributed by atoms with E-state index < -0.39 is 0 Å². The largest absolute Gasteiger partial charge is 0.387 e. The molecule has 1 aliphatic rings. The van der Waals surface area contributed by atoms with E-state index in [-0.39, 0.29) is 6.10 Å². The molecule has 2 heteroatoms. The molecule has 0 unspecified atom stereocenters. The van der Waals surface area contributed by atoms with Gasteiger partial charge in [0.15, 0.2) is 0 Å². The second-order valence-electron chi connectivity index (χ2n) is 4.29. The van der Waals surface area contributed by atoms with Crippen molar-refractivity contribution in [1.29, 1.82) is 0 Å². The Hall–Kier alpha value is -0.860. The molecule has 1 heterocycles. The van der Waals surface area contributed by atoms with Gasteiger partial charge < -0.3 is 10.0 Å². The van der Waals surface area contributed by atoms with Crippen molar-refractivity contribution < 1.29 is 5.11 Å². The summed E-state index contributed by atoms with van der Waals surface area (Å²) in [6.45, 7) is 3.07. The summed E-state index contributed by atoms with van der Waals surface area (Å²) in [7, 11) is 0. The Morgan fingerprint density at radius 1 is 1.07 bits per heavy atom. The molecule has 0 saturated carbocycles. The van der Waals surface area contributed by atoms with Crippen LogP contribution in [0.25, 0.3) is 0 Å². The molecule has 1 aromatic carbocycles. The SMILES string of the molecule is O[C@H](CN1CCCCC1)c1ccccc1. The Morgan fingerprint density at radius 2 is 1.73 bits per heavy atom.